The fourth-order valence-corrected chi connectivity index (χ4v) is 1.93. The van der Waals surface area contributed by atoms with E-state index in [-0.39, 0.29) is 11.6 Å². The summed E-state index contributed by atoms with van der Waals surface area (Å²) in [7, 11) is 0. The van der Waals surface area contributed by atoms with Gasteiger partial charge in [0.25, 0.3) is 0 Å². The maximum absolute atomic E-state index is 13.1. The Balaban J connectivity index is 2.91. The van der Waals surface area contributed by atoms with E-state index in [1.54, 1.807) is 12.1 Å². The molecule has 16 heavy (non-hydrogen) atoms. The summed E-state index contributed by atoms with van der Waals surface area (Å²) in [4.78, 5) is 11.0. The first-order chi connectivity index (χ1) is 7.67. The second kappa shape index (κ2) is 3.93. The number of aromatic hydroxyl groups is 1. The van der Waals surface area contributed by atoms with E-state index < -0.39 is 0 Å². The summed E-state index contributed by atoms with van der Waals surface area (Å²) in [5.41, 5.74) is 0.935. The maximum Gasteiger partial charge on any atom is 0.151 e. The molecule has 0 aliphatic carbocycles. The van der Waals surface area contributed by atoms with Crippen LogP contribution in [-0.2, 0) is 6.42 Å². The number of phenols is 1. The van der Waals surface area contributed by atoms with E-state index in [9.17, 15) is 14.3 Å². The quantitative estimate of drug-likeness (QED) is 0.786. The summed E-state index contributed by atoms with van der Waals surface area (Å²) in [5, 5.41) is 10.9. The first kappa shape index (κ1) is 10.6. The summed E-state index contributed by atoms with van der Waals surface area (Å²) in [6, 6.07) is 5.73. The molecule has 2 aromatic carbocycles. The van der Waals surface area contributed by atoms with Crippen LogP contribution in [0, 0.1) is 5.82 Å². The van der Waals surface area contributed by atoms with Crippen molar-refractivity contribution in [3.8, 4) is 5.75 Å². The van der Waals surface area contributed by atoms with Gasteiger partial charge >= 0.3 is 0 Å². The Morgan fingerprint density at radius 1 is 1.38 bits per heavy atom. The molecule has 0 aliphatic rings. The molecule has 0 unspecified atom stereocenters. The summed E-state index contributed by atoms with van der Waals surface area (Å²) in [5.74, 6) is -0.299. The molecule has 0 saturated carbocycles. The van der Waals surface area contributed by atoms with Crippen LogP contribution in [0.15, 0.2) is 24.3 Å². The topological polar surface area (TPSA) is 37.3 Å². The van der Waals surface area contributed by atoms with Crippen molar-refractivity contribution >= 4 is 17.1 Å². The minimum atomic E-state index is -0.386. The van der Waals surface area contributed by atoms with Crippen molar-refractivity contribution in [2.75, 3.05) is 0 Å². The van der Waals surface area contributed by atoms with Crippen LogP contribution >= 0.6 is 0 Å². The van der Waals surface area contributed by atoms with Gasteiger partial charge in [-0.1, -0.05) is 13.0 Å². The zero-order chi connectivity index (χ0) is 11.7. The number of halogens is 1. The molecular weight excluding hydrogens is 207 g/mol. The van der Waals surface area contributed by atoms with Gasteiger partial charge in [0, 0.05) is 11.1 Å². The highest BCUT2D eigenvalue weighted by molar-refractivity contribution is 6.00. The van der Waals surface area contributed by atoms with Gasteiger partial charge in [-0.3, -0.25) is 4.79 Å². The van der Waals surface area contributed by atoms with Crippen LogP contribution in [0.1, 0.15) is 22.8 Å². The molecule has 0 aromatic heterocycles. The number of aldehydes is 1. The molecule has 0 bridgehead atoms. The van der Waals surface area contributed by atoms with Crippen LogP contribution in [0.5, 0.6) is 5.75 Å². The van der Waals surface area contributed by atoms with Crippen LogP contribution in [-0.4, -0.2) is 11.4 Å². The van der Waals surface area contributed by atoms with Crippen molar-refractivity contribution in [3.05, 3.63) is 41.2 Å². The zero-order valence-corrected chi connectivity index (χ0v) is 8.83. The Labute approximate surface area is 92.3 Å². The highest BCUT2D eigenvalue weighted by Crippen LogP contribution is 2.30. The number of hydrogen-bond acceptors (Lipinski definition) is 2. The van der Waals surface area contributed by atoms with Crippen molar-refractivity contribution in [3.63, 3.8) is 0 Å². The minimum absolute atomic E-state index is 0.0868. The zero-order valence-electron chi connectivity index (χ0n) is 8.83. The fraction of sp³-hybridized carbons (Fsp3) is 0.154. The van der Waals surface area contributed by atoms with Gasteiger partial charge in [-0.2, -0.15) is 0 Å². The van der Waals surface area contributed by atoms with Gasteiger partial charge in [-0.05, 0) is 35.4 Å². The third kappa shape index (κ3) is 1.54. The number of hydrogen-bond donors (Lipinski definition) is 1. The third-order valence-electron chi connectivity index (χ3n) is 2.70. The average molecular weight is 218 g/mol. The minimum Gasteiger partial charge on any atom is -0.508 e. The van der Waals surface area contributed by atoms with E-state index >= 15 is 0 Å². The largest absolute Gasteiger partial charge is 0.508 e. The molecule has 0 heterocycles. The summed E-state index contributed by atoms with van der Waals surface area (Å²) in [6.07, 6.45) is 1.20. The lowest BCUT2D eigenvalue weighted by molar-refractivity contribution is 0.112. The van der Waals surface area contributed by atoms with Gasteiger partial charge in [0.15, 0.2) is 6.29 Å². The molecule has 2 rings (SSSR count). The Kier molecular flexibility index (Phi) is 2.60. The SMILES string of the molecule is CCc1c(O)cc2ccc(F)cc2c1C=O. The maximum atomic E-state index is 13.1. The average Bonchev–Trinajstić information content (AvgIpc) is 2.28. The number of phenolic OH excluding ortho intramolecular Hbond substituents is 1. The highest BCUT2D eigenvalue weighted by atomic mass is 19.1. The highest BCUT2D eigenvalue weighted by Gasteiger charge is 2.11. The Morgan fingerprint density at radius 2 is 2.12 bits per heavy atom. The predicted molar refractivity (Wildman–Crippen MR) is 60.3 cm³/mol. The van der Waals surface area contributed by atoms with E-state index in [0.29, 0.717) is 34.6 Å². The Bertz CT molecular complexity index is 561. The van der Waals surface area contributed by atoms with Gasteiger partial charge in [0.2, 0.25) is 0 Å². The number of carbonyl (C=O) groups is 1. The number of benzene rings is 2. The van der Waals surface area contributed by atoms with Gasteiger partial charge < -0.3 is 5.11 Å². The number of rotatable bonds is 2. The van der Waals surface area contributed by atoms with Crippen LogP contribution in [0.3, 0.4) is 0 Å². The van der Waals surface area contributed by atoms with Crippen molar-refractivity contribution in [1.82, 2.24) is 0 Å². The first-order valence-electron chi connectivity index (χ1n) is 5.06. The van der Waals surface area contributed by atoms with E-state index in [4.69, 9.17) is 0 Å². The van der Waals surface area contributed by atoms with Gasteiger partial charge in [-0.15, -0.1) is 0 Å². The molecule has 82 valence electrons. The molecule has 0 spiro atoms. The van der Waals surface area contributed by atoms with E-state index in [1.165, 1.54) is 12.1 Å². The van der Waals surface area contributed by atoms with Crippen molar-refractivity contribution in [2.45, 2.75) is 13.3 Å². The van der Waals surface area contributed by atoms with Crippen LogP contribution in [0.25, 0.3) is 10.8 Å². The second-order valence-corrected chi connectivity index (χ2v) is 3.62. The molecule has 0 atom stereocenters. The lowest BCUT2D eigenvalue weighted by Crippen LogP contribution is -1.94. The molecule has 0 aliphatic heterocycles. The standard InChI is InChI=1S/C13H11FO2/c1-2-10-12(7-15)11-6-9(14)4-3-8(11)5-13(10)16/h3-7,16H,2H2,1H3. The molecule has 0 amide bonds. The first-order valence-corrected chi connectivity index (χ1v) is 5.06. The number of fused-ring (bicyclic) bond motifs is 1. The Morgan fingerprint density at radius 3 is 2.75 bits per heavy atom. The van der Waals surface area contributed by atoms with Crippen LogP contribution < -0.4 is 0 Å². The Hall–Kier alpha value is -1.90. The smallest absolute Gasteiger partial charge is 0.151 e. The molecule has 0 saturated heterocycles. The lowest BCUT2D eigenvalue weighted by Gasteiger charge is -2.09. The molecule has 2 nitrogen and oxygen atoms in total. The monoisotopic (exact) mass is 218 g/mol. The summed E-state index contributed by atoms with van der Waals surface area (Å²) in [6.45, 7) is 1.84. The fourth-order valence-electron chi connectivity index (χ4n) is 1.93. The molecule has 1 N–H and O–H groups in total. The molecule has 0 fully saturated rings. The predicted octanol–water partition coefficient (Wildman–Crippen LogP) is 3.06. The number of carbonyl (C=O) groups excluding carboxylic acids is 1. The van der Waals surface area contributed by atoms with Gasteiger partial charge in [0.1, 0.15) is 11.6 Å². The summed E-state index contributed by atoms with van der Waals surface area (Å²) >= 11 is 0. The second-order valence-electron chi connectivity index (χ2n) is 3.62. The molecule has 0 radical (unpaired) electrons. The molecule has 2 aromatic rings. The van der Waals surface area contributed by atoms with Crippen molar-refractivity contribution in [2.24, 2.45) is 0 Å². The van der Waals surface area contributed by atoms with E-state index in [0.717, 1.165) is 0 Å². The van der Waals surface area contributed by atoms with E-state index in [2.05, 4.69) is 0 Å². The van der Waals surface area contributed by atoms with Crippen molar-refractivity contribution < 1.29 is 14.3 Å². The van der Waals surface area contributed by atoms with Gasteiger partial charge in [-0.25, -0.2) is 4.39 Å². The van der Waals surface area contributed by atoms with Crippen LogP contribution in [0.2, 0.25) is 0 Å². The van der Waals surface area contributed by atoms with E-state index in [1.807, 2.05) is 6.92 Å². The van der Waals surface area contributed by atoms with Gasteiger partial charge in [0.05, 0.1) is 0 Å². The summed E-state index contributed by atoms with van der Waals surface area (Å²) < 4.78 is 13.1. The lowest BCUT2D eigenvalue weighted by atomic mass is 9.97. The third-order valence-corrected chi connectivity index (χ3v) is 2.70. The molecular formula is C13H11FO2. The van der Waals surface area contributed by atoms with Crippen LogP contribution in [0.4, 0.5) is 4.39 Å². The van der Waals surface area contributed by atoms with Crippen molar-refractivity contribution in [1.29, 1.82) is 0 Å². The normalized spacial score (nSPS) is 10.6. The molecule has 3 heteroatoms.